The minimum atomic E-state index is -0.683. The zero-order valence-corrected chi connectivity index (χ0v) is 18.0. The molecular formula is C21H25N3O8. The van der Waals surface area contributed by atoms with Gasteiger partial charge in [0, 0.05) is 31.8 Å². The predicted molar refractivity (Wildman–Crippen MR) is 115 cm³/mol. The average Bonchev–Trinajstić information content (AvgIpc) is 2.81. The summed E-state index contributed by atoms with van der Waals surface area (Å²) in [6.07, 6.45) is 0. The summed E-state index contributed by atoms with van der Waals surface area (Å²) in [6.45, 7) is 0.622. The van der Waals surface area contributed by atoms with Gasteiger partial charge in [0.1, 0.15) is 17.9 Å². The third-order valence-electron chi connectivity index (χ3n) is 4.32. The molecular weight excluding hydrogens is 422 g/mol. The van der Waals surface area contributed by atoms with E-state index in [1.54, 1.807) is 24.3 Å². The molecule has 0 spiro atoms. The minimum absolute atomic E-state index is 0.0618. The van der Waals surface area contributed by atoms with Crippen molar-refractivity contribution in [1.82, 2.24) is 10.6 Å². The van der Waals surface area contributed by atoms with Crippen LogP contribution in [-0.4, -0.2) is 64.4 Å². The third-order valence-corrected chi connectivity index (χ3v) is 4.32. The number of nitro benzene ring substituents is 1. The van der Waals surface area contributed by atoms with E-state index in [0.29, 0.717) is 11.3 Å². The van der Waals surface area contributed by atoms with E-state index in [-0.39, 0.29) is 49.3 Å². The molecule has 2 rings (SSSR count). The van der Waals surface area contributed by atoms with E-state index in [4.69, 9.17) is 18.9 Å². The van der Waals surface area contributed by atoms with Crippen molar-refractivity contribution in [1.29, 1.82) is 0 Å². The van der Waals surface area contributed by atoms with Crippen LogP contribution in [0.25, 0.3) is 0 Å². The smallest absolute Gasteiger partial charge is 0.286 e. The topological polar surface area (TPSA) is 138 Å². The fourth-order valence-corrected chi connectivity index (χ4v) is 2.68. The molecule has 11 nitrogen and oxygen atoms in total. The predicted octanol–water partition coefficient (Wildman–Crippen LogP) is 1.80. The SMILES string of the molecule is COCCOc1cc([N+](=O)[O-])c(C(=O)NCCNC(=O)c2ccc(OC)cc2)cc1OC. The maximum absolute atomic E-state index is 12.5. The second-order valence-corrected chi connectivity index (χ2v) is 6.36. The summed E-state index contributed by atoms with van der Waals surface area (Å²) in [4.78, 5) is 35.5. The Labute approximate surface area is 184 Å². The van der Waals surface area contributed by atoms with Gasteiger partial charge in [0.15, 0.2) is 11.5 Å². The largest absolute Gasteiger partial charge is 0.497 e. The first kappa shape index (κ1) is 24.4. The quantitative estimate of drug-likeness (QED) is 0.285. The highest BCUT2D eigenvalue weighted by molar-refractivity contribution is 5.99. The molecule has 0 unspecified atom stereocenters. The molecule has 0 aromatic heterocycles. The van der Waals surface area contributed by atoms with Gasteiger partial charge in [-0.15, -0.1) is 0 Å². The molecule has 0 saturated carbocycles. The lowest BCUT2D eigenvalue weighted by molar-refractivity contribution is -0.385. The van der Waals surface area contributed by atoms with E-state index in [9.17, 15) is 19.7 Å². The van der Waals surface area contributed by atoms with Crippen molar-refractivity contribution >= 4 is 17.5 Å². The van der Waals surface area contributed by atoms with E-state index < -0.39 is 16.5 Å². The highest BCUT2D eigenvalue weighted by atomic mass is 16.6. The molecule has 2 N–H and O–H groups in total. The molecule has 0 aliphatic rings. The summed E-state index contributed by atoms with van der Waals surface area (Å²) in [6, 6.07) is 8.91. The molecule has 2 aromatic carbocycles. The molecule has 0 bridgehead atoms. The molecule has 0 aliphatic heterocycles. The van der Waals surface area contributed by atoms with Crippen LogP contribution in [0, 0.1) is 10.1 Å². The first-order chi connectivity index (χ1) is 15.4. The summed E-state index contributed by atoms with van der Waals surface area (Å²) in [5, 5.41) is 16.7. The van der Waals surface area contributed by atoms with Crippen LogP contribution in [0.15, 0.2) is 36.4 Å². The number of carbonyl (C=O) groups excluding carboxylic acids is 2. The number of rotatable bonds is 12. The number of amides is 2. The van der Waals surface area contributed by atoms with Crippen molar-refractivity contribution in [3.63, 3.8) is 0 Å². The van der Waals surface area contributed by atoms with Crippen molar-refractivity contribution < 1.29 is 33.5 Å². The number of hydrogen-bond donors (Lipinski definition) is 2. The zero-order chi connectivity index (χ0) is 23.5. The maximum atomic E-state index is 12.5. The molecule has 0 radical (unpaired) electrons. The second-order valence-electron chi connectivity index (χ2n) is 6.36. The first-order valence-electron chi connectivity index (χ1n) is 9.59. The van der Waals surface area contributed by atoms with Gasteiger partial charge >= 0.3 is 0 Å². The summed E-state index contributed by atoms with van der Waals surface area (Å²) >= 11 is 0. The second kappa shape index (κ2) is 12.1. The summed E-state index contributed by atoms with van der Waals surface area (Å²) in [5.41, 5.74) is -0.188. The molecule has 2 aromatic rings. The van der Waals surface area contributed by atoms with Crippen LogP contribution in [0.2, 0.25) is 0 Å². The van der Waals surface area contributed by atoms with Crippen LogP contribution >= 0.6 is 0 Å². The van der Waals surface area contributed by atoms with E-state index in [2.05, 4.69) is 10.6 Å². The fourth-order valence-electron chi connectivity index (χ4n) is 2.68. The van der Waals surface area contributed by atoms with Crippen LogP contribution in [0.3, 0.4) is 0 Å². The Bertz CT molecular complexity index is 947. The van der Waals surface area contributed by atoms with Crippen LogP contribution in [0.5, 0.6) is 17.2 Å². The Balaban J connectivity index is 2.00. The number of methoxy groups -OCH3 is 3. The van der Waals surface area contributed by atoms with Gasteiger partial charge in [-0.2, -0.15) is 0 Å². The average molecular weight is 447 g/mol. The first-order valence-corrected chi connectivity index (χ1v) is 9.59. The number of carbonyl (C=O) groups is 2. The Morgan fingerprint density at radius 1 is 0.906 bits per heavy atom. The summed E-state index contributed by atoms with van der Waals surface area (Å²) in [7, 11) is 4.39. The lowest BCUT2D eigenvalue weighted by Gasteiger charge is -2.13. The zero-order valence-electron chi connectivity index (χ0n) is 18.0. The van der Waals surface area contributed by atoms with Gasteiger partial charge in [0.25, 0.3) is 17.5 Å². The Morgan fingerprint density at radius 3 is 2.12 bits per heavy atom. The van der Waals surface area contributed by atoms with Crippen molar-refractivity contribution in [3.8, 4) is 17.2 Å². The lowest BCUT2D eigenvalue weighted by atomic mass is 10.1. The number of ether oxygens (including phenoxy) is 4. The molecule has 172 valence electrons. The molecule has 0 fully saturated rings. The Kier molecular flexibility index (Phi) is 9.23. The molecule has 0 atom stereocenters. The van der Waals surface area contributed by atoms with Gasteiger partial charge in [-0.05, 0) is 24.3 Å². The van der Waals surface area contributed by atoms with Gasteiger partial charge in [-0.1, -0.05) is 0 Å². The van der Waals surface area contributed by atoms with Crippen molar-refractivity contribution in [2.45, 2.75) is 0 Å². The number of hydrogen-bond acceptors (Lipinski definition) is 8. The van der Waals surface area contributed by atoms with Crippen molar-refractivity contribution in [2.75, 3.05) is 47.6 Å². The van der Waals surface area contributed by atoms with Crippen LogP contribution in [0.1, 0.15) is 20.7 Å². The summed E-state index contributed by atoms with van der Waals surface area (Å²) in [5.74, 6) is -0.0885. The van der Waals surface area contributed by atoms with Gasteiger partial charge in [-0.3, -0.25) is 19.7 Å². The molecule has 11 heteroatoms. The number of nitro groups is 1. The van der Waals surface area contributed by atoms with Crippen molar-refractivity contribution in [2.24, 2.45) is 0 Å². The molecule has 0 aliphatic carbocycles. The van der Waals surface area contributed by atoms with Crippen LogP contribution in [-0.2, 0) is 4.74 Å². The molecule has 2 amide bonds. The number of nitrogens with zero attached hydrogens (tertiary/aromatic N) is 1. The van der Waals surface area contributed by atoms with Crippen LogP contribution in [0.4, 0.5) is 5.69 Å². The molecule has 32 heavy (non-hydrogen) atoms. The highest BCUT2D eigenvalue weighted by Crippen LogP contribution is 2.34. The van der Waals surface area contributed by atoms with Gasteiger partial charge in [0.05, 0.1) is 31.8 Å². The number of nitrogens with one attached hydrogen (secondary N) is 2. The number of benzene rings is 2. The standard InChI is InChI=1S/C21H25N3O8/c1-29-10-11-32-19-13-17(24(27)28)16(12-18(19)31-3)21(26)23-9-8-22-20(25)14-4-6-15(30-2)7-5-14/h4-7,12-13H,8-11H2,1-3H3,(H,22,25)(H,23,26). The Morgan fingerprint density at radius 2 is 1.56 bits per heavy atom. The summed E-state index contributed by atoms with van der Waals surface area (Å²) < 4.78 is 20.6. The highest BCUT2D eigenvalue weighted by Gasteiger charge is 2.24. The van der Waals surface area contributed by atoms with Crippen molar-refractivity contribution in [3.05, 3.63) is 57.6 Å². The van der Waals surface area contributed by atoms with Crippen LogP contribution < -0.4 is 24.8 Å². The van der Waals surface area contributed by atoms with E-state index in [0.717, 1.165) is 6.07 Å². The minimum Gasteiger partial charge on any atom is -0.497 e. The normalized spacial score (nSPS) is 10.2. The maximum Gasteiger partial charge on any atom is 0.286 e. The fraction of sp³-hybridized carbons (Fsp3) is 0.333. The van der Waals surface area contributed by atoms with E-state index >= 15 is 0 Å². The van der Waals surface area contributed by atoms with E-state index in [1.165, 1.54) is 27.4 Å². The van der Waals surface area contributed by atoms with Gasteiger partial charge in [-0.25, -0.2) is 0 Å². The monoisotopic (exact) mass is 447 g/mol. The van der Waals surface area contributed by atoms with E-state index in [1.807, 2.05) is 0 Å². The third kappa shape index (κ3) is 6.57. The molecule has 0 saturated heterocycles. The lowest BCUT2D eigenvalue weighted by Crippen LogP contribution is -2.34. The van der Waals surface area contributed by atoms with Gasteiger partial charge < -0.3 is 29.6 Å². The van der Waals surface area contributed by atoms with Gasteiger partial charge in [0.2, 0.25) is 0 Å². The Hall–Kier alpha value is -3.86. The molecule has 0 heterocycles.